The van der Waals surface area contributed by atoms with Gasteiger partial charge in [-0.1, -0.05) is 53.5 Å². The van der Waals surface area contributed by atoms with Gasteiger partial charge in [-0.15, -0.1) is 0 Å². The summed E-state index contributed by atoms with van der Waals surface area (Å²) in [5.41, 5.74) is 1.68. The molecule has 2 aromatic rings. The summed E-state index contributed by atoms with van der Waals surface area (Å²) in [5.74, 6) is -0.0172. The number of halogens is 2. The Hall–Kier alpha value is -1.55. The Morgan fingerprint density at radius 2 is 1.58 bits per heavy atom. The van der Waals surface area contributed by atoms with Gasteiger partial charge in [-0.2, -0.15) is 0 Å². The second kappa shape index (κ2) is 8.02. The maximum atomic E-state index is 13.0. The van der Waals surface area contributed by atoms with Crippen LogP contribution in [-0.4, -0.2) is 19.0 Å². The minimum absolute atomic E-state index is 0.0172. The van der Waals surface area contributed by atoms with E-state index in [-0.39, 0.29) is 11.9 Å². The summed E-state index contributed by atoms with van der Waals surface area (Å²) in [4.78, 5) is 14.3. The molecule has 0 saturated carbocycles. The highest BCUT2D eigenvalue weighted by Gasteiger charge is 2.32. The second-order valence-electron chi connectivity index (χ2n) is 6.21. The largest absolute Gasteiger partial charge is 0.321 e. The molecule has 2 aromatic carbocycles. The Kier molecular flexibility index (Phi) is 5.77. The number of nitrogens with one attached hydrogen (secondary N) is 2. The third-order valence-electron chi connectivity index (χ3n) is 4.43. The van der Waals surface area contributed by atoms with Crippen LogP contribution >= 0.6 is 23.2 Å². The lowest BCUT2D eigenvalue weighted by atomic mass is 10.0. The molecule has 0 aromatic heterocycles. The number of piperidine rings is 1. The van der Waals surface area contributed by atoms with Gasteiger partial charge in [-0.25, -0.2) is 0 Å². The normalized spacial score (nSPS) is 16.6. The summed E-state index contributed by atoms with van der Waals surface area (Å²) in [6.45, 7) is 2.03. The van der Waals surface area contributed by atoms with Gasteiger partial charge in [0, 0.05) is 21.3 Å². The Morgan fingerprint density at radius 3 is 2.21 bits per heavy atom. The minimum Gasteiger partial charge on any atom is -0.321 e. The molecule has 5 heteroatoms. The SMILES string of the molecule is O=C(Nc1cc(Cl)cc(Cl)c1)[C@@H](c1ccccc1)[NH+]1CCCCC1. The Balaban J connectivity index is 1.85. The molecule has 1 atom stereocenters. The van der Waals surface area contributed by atoms with Crippen LogP contribution in [0.1, 0.15) is 30.9 Å². The van der Waals surface area contributed by atoms with Gasteiger partial charge >= 0.3 is 0 Å². The van der Waals surface area contributed by atoms with Gasteiger partial charge < -0.3 is 10.2 Å². The quantitative estimate of drug-likeness (QED) is 0.852. The highest BCUT2D eigenvalue weighted by Crippen LogP contribution is 2.23. The maximum Gasteiger partial charge on any atom is 0.287 e. The summed E-state index contributed by atoms with van der Waals surface area (Å²) >= 11 is 12.1. The number of carbonyl (C=O) groups excluding carboxylic acids is 1. The van der Waals surface area contributed by atoms with Crippen LogP contribution in [0.5, 0.6) is 0 Å². The molecule has 126 valence electrons. The van der Waals surface area contributed by atoms with Crippen molar-refractivity contribution in [1.29, 1.82) is 0 Å². The molecule has 24 heavy (non-hydrogen) atoms. The molecule has 1 aliphatic heterocycles. The van der Waals surface area contributed by atoms with Gasteiger partial charge in [0.1, 0.15) is 0 Å². The van der Waals surface area contributed by atoms with E-state index in [1.54, 1.807) is 18.2 Å². The monoisotopic (exact) mass is 363 g/mol. The first kappa shape index (κ1) is 17.3. The van der Waals surface area contributed by atoms with Crippen LogP contribution in [0.2, 0.25) is 10.0 Å². The predicted molar refractivity (Wildman–Crippen MR) is 98.8 cm³/mol. The number of benzene rings is 2. The third-order valence-corrected chi connectivity index (χ3v) is 4.87. The van der Waals surface area contributed by atoms with Gasteiger partial charge in [0.25, 0.3) is 5.91 Å². The zero-order chi connectivity index (χ0) is 16.9. The number of hydrogen-bond acceptors (Lipinski definition) is 1. The summed E-state index contributed by atoms with van der Waals surface area (Å²) in [7, 11) is 0. The maximum absolute atomic E-state index is 13.0. The topological polar surface area (TPSA) is 33.5 Å². The van der Waals surface area contributed by atoms with Gasteiger partial charge in [-0.3, -0.25) is 4.79 Å². The van der Waals surface area contributed by atoms with Crippen molar-refractivity contribution >= 4 is 34.8 Å². The lowest BCUT2D eigenvalue weighted by Gasteiger charge is -2.31. The van der Waals surface area contributed by atoms with Crippen LogP contribution < -0.4 is 10.2 Å². The molecular formula is C19H21Cl2N2O+. The number of carbonyl (C=O) groups is 1. The van der Waals surface area contributed by atoms with Crippen molar-refractivity contribution in [1.82, 2.24) is 0 Å². The summed E-state index contributed by atoms with van der Waals surface area (Å²) < 4.78 is 0. The molecule has 0 spiro atoms. The summed E-state index contributed by atoms with van der Waals surface area (Å²) in [6.07, 6.45) is 3.57. The average Bonchev–Trinajstić information content (AvgIpc) is 2.56. The van der Waals surface area contributed by atoms with E-state index in [4.69, 9.17) is 23.2 Å². The number of amides is 1. The predicted octanol–water partition coefficient (Wildman–Crippen LogP) is 3.74. The van der Waals surface area contributed by atoms with Crippen molar-refractivity contribution in [2.75, 3.05) is 18.4 Å². The molecule has 1 fully saturated rings. The van der Waals surface area contributed by atoms with Crippen LogP contribution in [0.15, 0.2) is 48.5 Å². The first-order valence-corrected chi connectivity index (χ1v) is 9.05. The van der Waals surface area contributed by atoms with Crippen LogP contribution in [0.25, 0.3) is 0 Å². The van der Waals surface area contributed by atoms with Gasteiger partial charge in [0.05, 0.1) is 13.1 Å². The van der Waals surface area contributed by atoms with Gasteiger partial charge in [0.2, 0.25) is 0 Å². The van der Waals surface area contributed by atoms with Crippen LogP contribution in [0.4, 0.5) is 5.69 Å². The Labute approximate surface area is 152 Å². The van der Waals surface area contributed by atoms with Crippen molar-refractivity contribution in [2.24, 2.45) is 0 Å². The molecule has 1 heterocycles. The van der Waals surface area contributed by atoms with Crippen LogP contribution in [0.3, 0.4) is 0 Å². The first-order chi connectivity index (χ1) is 11.6. The van der Waals surface area contributed by atoms with Crippen molar-refractivity contribution in [3.63, 3.8) is 0 Å². The van der Waals surface area contributed by atoms with Gasteiger partial charge in [-0.05, 0) is 37.5 Å². The van der Waals surface area contributed by atoms with Gasteiger partial charge in [0.15, 0.2) is 6.04 Å². The third kappa shape index (κ3) is 4.29. The molecular weight excluding hydrogens is 343 g/mol. The minimum atomic E-state index is -0.218. The van der Waals surface area contributed by atoms with E-state index < -0.39 is 0 Å². The molecule has 0 aliphatic carbocycles. The molecule has 3 rings (SSSR count). The smallest absolute Gasteiger partial charge is 0.287 e. The van der Waals surface area contributed by atoms with Crippen molar-refractivity contribution in [2.45, 2.75) is 25.3 Å². The molecule has 1 amide bonds. The molecule has 0 bridgehead atoms. The lowest BCUT2D eigenvalue weighted by Crippen LogP contribution is -3.14. The van der Waals surface area contributed by atoms with E-state index in [0.29, 0.717) is 15.7 Å². The van der Waals surface area contributed by atoms with Crippen LogP contribution in [-0.2, 0) is 4.79 Å². The fourth-order valence-electron chi connectivity index (χ4n) is 3.35. The zero-order valence-electron chi connectivity index (χ0n) is 13.4. The van der Waals surface area contributed by atoms with E-state index in [1.165, 1.54) is 11.3 Å². The molecule has 1 aliphatic rings. The molecule has 1 saturated heterocycles. The molecule has 2 N–H and O–H groups in total. The number of rotatable bonds is 4. The summed E-state index contributed by atoms with van der Waals surface area (Å²) in [5, 5.41) is 4.02. The van der Waals surface area contributed by atoms with Crippen molar-refractivity contribution < 1.29 is 9.69 Å². The number of quaternary nitrogens is 1. The van der Waals surface area contributed by atoms with E-state index in [2.05, 4.69) is 5.32 Å². The van der Waals surface area contributed by atoms with E-state index in [0.717, 1.165) is 31.5 Å². The standard InChI is InChI=1S/C19H20Cl2N2O/c20-15-11-16(21)13-17(12-15)22-19(24)18(14-7-3-1-4-8-14)23-9-5-2-6-10-23/h1,3-4,7-8,11-13,18H,2,5-6,9-10H2,(H,22,24)/p+1/t18-/m1/s1. The van der Waals surface area contributed by atoms with E-state index in [9.17, 15) is 4.79 Å². The van der Waals surface area contributed by atoms with E-state index >= 15 is 0 Å². The van der Waals surface area contributed by atoms with E-state index in [1.807, 2.05) is 30.3 Å². The fourth-order valence-corrected chi connectivity index (χ4v) is 3.88. The van der Waals surface area contributed by atoms with Crippen LogP contribution in [0, 0.1) is 0 Å². The molecule has 0 radical (unpaired) electrons. The van der Waals surface area contributed by atoms with Crippen molar-refractivity contribution in [3.8, 4) is 0 Å². The molecule has 3 nitrogen and oxygen atoms in total. The number of anilines is 1. The lowest BCUT2D eigenvalue weighted by molar-refractivity contribution is -0.926. The highest BCUT2D eigenvalue weighted by molar-refractivity contribution is 6.35. The Morgan fingerprint density at radius 1 is 0.958 bits per heavy atom. The zero-order valence-corrected chi connectivity index (χ0v) is 14.9. The second-order valence-corrected chi connectivity index (χ2v) is 7.08. The van der Waals surface area contributed by atoms with Crippen molar-refractivity contribution in [3.05, 3.63) is 64.1 Å². The first-order valence-electron chi connectivity index (χ1n) is 8.30. The average molecular weight is 364 g/mol. The molecule has 0 unspecified atom stereocenters. The summed E-state index contributed by atoms with van der Waals surface area (Å²) in [6, 6.07) is 14.9. The number of hydrogen-bond donors (Lipinski definition) is 2. The Bertz CT molecular complexity index is 680. The number of likely N-dealkylation sites (tertiary alicyclic amines) is 1. The fraction of sp³-hybridized carbons (Fsp3) is 0.316. The highest BCUT2D eigenvalue weighted by atomic mass is 35.5.